The molecule has 30 heavy (non-hydrogen) atoms. The van der Waals surface area contributed by atoms with Crippen molar-refractivity contribution in [1.82, 2.24) is 25.0 Å². The van der Waals surface area contributed by atoms with E-state index in [-0.39, 0.29) is 11.6 Å². The van der Waals surface area contributed by atoms with Gasteiger partial charge in [-0.05, 0) is 56.7 Å². The Bertz CT molecular complexity index is 1230. The first kappa shape index (κ1) is 19.6. The first-order valence-electron chi connectivity index (χ1n) is 9.88. The zero-order valence-corrected chi connectivity index (χ0v) is 17.5. The van der Waals surface area contributed by atoms with Crippen molar-refractivity contribution in [3.8, 4) is 0 Å². The lowest BCUT2D eigenvalue weighted by molar-refractivity contribution is 0.510. The van der Waals surface area contributed by atoms with E-state index in [2.05, 4.69) is 30.5 Å². The van der Waals surface area contributed by atoms with Crippen molar-refractivity contribution in [3.63, 3.8) is 0 Å². The number of fused-ring (bicyclic) bond motifs is 1. The molecule has 4 rings (SSSR count). The third-order valence-corrected chi connectivity index (χ3v) is 4.96. The fourth-order valence-electron chi connectivity index (χ4n) is 3.38. The van der Waals surface area contributed by atoms with Gasteiger partial charge in [-0.1, -0.05) is 0 Å². The topological polar surface area (TPSA) is 91.7 Å². The van der Waals surface area contributed by atoms with Crippen molar-refractivity contribution >= 4 is 28.1 Å². The number of hydrogen-bond acceptors (Lipinski definition) is 6. The molecule has 0 aliphatic heterocycles. The largest absolute Gasteiger partial charge is 0.370 e. The molecular weight excluding hydrogens is 378 g/mol. The molecule has 0 aliphatic carbocycles. The molecule has 8 nitrogen and oxygen atoms in total. The van der Waals surface area contributed by atoms with Crippen LogP contribution in [0.3, 0.4) is 0 Å². The molecule has 154 valence electrons. The number of nitrogens with one attached hydrogen (secondary N) is 2. The fourth-order valence-corrected chi connectivity index (χ4v) is 3.38. The standard InChI is InChI=1S/C22H25N7O/c1-14(2)29-22(30)19-12-17(28(4)13-16-7-9-23-10-8-16)5-6-18(19)21(27-29)24-20-11-15(3)25-26-20/h5-12,14H,13H2,1-4H3,(H2,24,25,26,27). The van der Waals surface area contributed by atoms with E-state index in [1.807, 2.05) is 64.2 Å². The first-order chi connectivity index (χ1) is 14.4. The smallest absolute Gasteiger partial charge is 0.275 e. The van der Waals surface area contributed by atoms with Gasteiger partial charge in [0.1, 0.15) is 0 Å². The Hall–Kier alpha value is -3.68. The fraction of sp³-hybridized carbons (Fsp3) is 0.273. The van der Waals surface area contributed by atoms with Crippen LogP contribution in [-0.4, -0.2) is 32.0 Å². The van der Waals surface area contributed by atoms with Crippen LogP contribution in [0.2, 0.25) is 0 Å². The summed E-state index contributed by atoms with van der Waals surface area (Å²) in [5, 5.41) is 16.3. The molecule has 0 amide bonds. The van der Waals surface area contributed by atoms with E-state index in [0.29, 0.717) is 17.0 Å². The average Bonchev–Trinajstić information content (AvgIpc) is 3.15. The van der Waals surface area contributed by atoms with Crippen LogP contribution in [0, 0.1) is 6.92 Å². The predicted octanol–water partition coefficient (Wildman–Crippen LogP) is 3.78. The number of H-pyrrole nitrogens is 1. The van der Waals surface area contributed by atoms with Crippen LogP contribution in [-0.2, 0) is 6.54 Å². The summed E-state index contributed by atoms with van der Waals surface area (Å²) in [5.74, 6) is 1.27. The lowest BCUT2D eigenvalue weighted by Crippen LogP contribution is -2.26. The van der Waals surface area contributed by atoms with Crippen LogP contribution in [0.1, 0.15) is 31.1 Å². The molecular formula is C22H25N7O. The molecule has 0 unspecified atom stereocenters. The molecule has 0 bridgehead atoms. The van der Waals surface area contributed by atoms with Crippen LogP contribution < -0.4 is 15.8 Å². The van der Waals surface area contributed by atoms with Crippen LogP contribution in [0.5, 0.6) is 0 Å². The maximum absolute atomic E-state index is 13.1. The maximum Gasteiger partial charge on any atom is 0.275 e. The Labute approximate surface area is 174 Å². The van der Waals surface area contributed by atoms with E-state index in [9.17, 15) is 4.79 Å². The molecule has 4 aromatic rings. The van der Waals surface area contributed by atoms with Crippen LogP contribution in [0.25, 0.3) is 10.8 Å². The highest BCUT2D eigenvalue weighted by atomic mass is 16.1. The van der Waals surface area contributed by atoms with Crippen molar-refractivity contribution in [2.24, 2.45) is 0 Å². The minimum Gasteiger partial charge on any atom is -0.370 e. The number of nitrogens with zero attached hydrogens (tertiary/aromatic N) is 5. The number of rotatable bonds is 6. The zero-order chi connectivity index (χ0) is 21.3. The van der Waals surface area contributed by atoms with Gasteiger partial charge in [-0.15, -0.1) is 0 Å². The molecule has 0 atom stereocenters. The molecule has 0 aliphatic rings. The number of anilines is 3. The number of hydrogen-bond donors (Lipinski definition) is 2. The Morgan fingerprint density at radius 3 is 2.57 bits per heavy atom. The highest BCUT2D eigenvalue weighted by molar-refractivity contribution is 5.94. The molecule has 0 saturated heterocycles. The summed E-state index contributed by atoms with van der Waals surface area (Å²) in [6, 6.07) is 11.7. The van der Waals surface area contributed by atoms with Gasteiger partial charge in [0.2, 0.25) is 0 Å². The normalized spacial score (nSPS) is 11.2. The van der Waals surface area contributed by atoms with E-state index < -0.39 is 0 Å². The summed E-state index contributed by atoms with van der Waals surface area (Å²) in [5.41, 5.74) is 2.94. The van der Waals surface area contributed by atoms with Crippen molar-refractivity contribution in [2.45, 2.75) is 33.4 Å². The van der Waals surface area contributed by atoms with Gasteiger partial charge in [-0.25, -0.2) is 4.68 Å². The Kier molecular flexibility index (Phi) is 5.22. The van der Waals surface area contributed by atoms with Gasteiger partial charge in [0, 0.05) is 48.8 Å². The minimum atomic E-state index is -0.108. The molecule has 1 aromatic carbocycles. The number of benzene rings is 1. The minimum absolute atomic E-state index is 0.0680. The quantitative estimate of drug-likeness (QED) is 0.509. The predicted molar refractivity (Wildman–Crippen MR) is 119 cm³/mol. The second kappa shape index (κ2) is 7.98. The third kappa shape index (κ3) is 3.89. The Morgan fingerprint density at radius 1 is 1.13 bits per heavy atom. The van der Waals surface area contributed by atoms with Crippen molar-refractivity contribution < 1.29 is 0 Å². The second-order valence-corrected chi connectivity index (χ2v) is 7.69. The maximum atomic E-state index is 13.1. The number of aromatic amines is 1. The highest BCUT2D eigenvalue weighted by Crippen LogP contribution is 2.27. The van der Waals surface area contributed by atoms with Crippen molar-refractivity contribution in [2.75, 3.05) is 17.3 Å². The molecule has 0 spiro atoms. The lowest BCUT2D eigenvalue weighted by Gasteiger charge is -2.21. The Balaban J connectivity index is 1.78. The molecule has 3 heterocycles. The number of aryl methyl sites for hydroxylation is 1. The van der Waals surface area contributed by atoms with E-state index in [1.165, 1.54) is 4.68 Å². The molecule has 3 aromatic heterocycles. The number of aromatic nitrogens is 5. The summed E-state index contributed by atoms with van der Waals surface area (Å²) in [4.78, 5) is 19.3. The SMILES string of the molecule is Cc1cc(Nc2nn(C(C)C)c(=O)c3cc(N(C)Cc4ccncc4)ccc23)n[nH]1. The summed E-state index contributed by atoms with van der Waals surface area (Å²) in [6.45, 7) is 6.54. The van der Waals surface area contributed by atoms with Gasteiger partial charge < -0.3 is 10.2 Å². The zero-order valence-electron chi connectivity index (χ0n) is 17.5. The van der Waals surface area contributed by atoms with E-state index >= 15 is 0 Å². The number of pyridine rings is 1. The van der Waals surface area contributed by atoms with Crippen LogP contribution in [0.4, 0.5) is 17.3 Å². The molecule has 2 N–H and O–H groups in total. The summed E-state index contributed by atoms with van der Waals surface area (Å²) < 4.78 is 1.51. The van der Waals surface area contributed by atoms with Gasteiger partial charge in [0.25, 0.3) is 5.56 Å². The van der Waals surface area contributed by atoms with E-state index in [1.54, 1.807) is 12.4 Å². The van der Waals surface area contributed by atoms with Gasteiger partial charge in [0.05, 0.1) is 11.4 Å². The monoisotopic (exact) mass is 403 g/mol. The molecule has 0 radical (unpaired) electrons. The van der Waals surface area contributed by atoms with Crippen LogP contribution >= 0.6 is 0 Å². The summed E-state index contributed by atoms with van der Waals surface area (Å²) >= 11 is 0. The average molecular weight is 403 g/mol. The van der Waals surface area contributed by atoms with Gasteiger partial charge in [-0.2, -0.15) is 10.2 Å². The molecule has 0 fully saturated rings. The van der Waals surface area contributed by atoms with Crippen molar-refractivity contribution in [3.05, 3.63) is 70.4 Å². The van der Waals surface area contributed by atoms with E-state index in [4.69, 9.17) is 0 Å². The van der Waals surface area contributed by atoms with Gasteiger partial charge in [-0.3, -0.25) is 14.9 Å². The third-order valence-electron chi connectivity index (χ3n) is 4.96. The molecule has 8 heteroatoms. The first-order valence-corrected chi connectivity index (χ1v) is 9.88. The van der Waals surface area contributed by atoms with Crippen LogP contribution in [0.15, 0.2) is 53.6 Å². The lowest BCUT2D eigenvalue weighted by atomic mass is 10.1. The Morgan fingerprint density at radius 2 is 1.90 bits per heavy atom. The second-order valence-electron chi connectivity index (χ2n) is 7.69. The van der Waals surface area contributed by atoms with Gasteiger partial charge in [0.15, 0.2) is 11.6 Å². The van der Waals surface area contributed by atoms with E-state index in [0.717, 1.165) is 28.9 Å². The summed E-state index contributed by atoms with van der Waals surface area (Å²) in [6.07, 6.45) is 3.57. The highest BCUT2D eigenvalue weighted by Gasteiger charge is 2.15. The molecule has 0 saturated carbocycles. The van der Waals surface area contributed by atoms with Crippen molar-refractivity contribution in [1.29, 1.82) is 0 Å². The summed E-state index contributed by atoms with van der Waals surface area (Å²) in [7, 11) is 2.01. The van der Waals surface area contributed by atoms with Gasteiger partial charge >= 0.3 is 0 Å².